The van der Waals surface area contributed by atoms with Gasteiger partial charge in [0.05, 0.1) is 13.7 Å². The molecule has 2 rings (SSSR count). The van der Waals surface area contributed by atoms with Crippen molar-refractivity contribution in [2.75, 3.05) is 19.0 Å². The molecule has 0 atom stereocenters. The van der Waals surface area contributed by atoms with Gasteiger partial charge in [0.1, 0.15) is 5.82 Å². The predicted molar refractivity (Wildman–Crippen MR) is 116 cm³/mol. The minimum absolute atomic E-state index is 0. The molecule has 0 unspecified atom stereocenters. The molecule has 2 aromatic rings. The fourth-order valence-electron chi connectivity index (χ4n) is 2.21. The third kappa shape index (κ3) is 8.25. The smallest absolute Gasteiger partial charge is 0.411 e. The zero-order valence-corrected chi connectivity index (χ0v) is 17.6. The molecular formula is C19H24FIN4O2. The van der Waals surface area contributed by atoms with Crippen molar-refractivity contribution in [2.24, 2.45) is 4.99 Å². The van der Waals surface area contributed by atoms with Gasteiger partial charge in [0.25, 0.3) is 0 Å². The SMILES string of the molecule is CCNC(=NCc1cccc(F)c1)NCc1ccc(NC(=O)OC)cc1.I. The Morgan fingerprint density at radius 2 is 1.85 bits per heavy atom. The number of guanidine groups is 1. The number of anilines is 1. The van der Waals surface area contributed by atoms with Crippen LogP contribution in [0.1, 0.15) is 18.1 Å². The predicted octanol–water partition coefficient (Wildman–Crippen LogP) is 3.88. The second kappa shape index (κ2) is 12.1. The summed E-state index contributed by atoms with van der Waals surface area (Å²) in [6.07, 6.45) is -0.505. The first-order valence-electron chi connectivity index (χ1n) is 8.31. The van der Waals surface area contributed by atoms with Crippen LogP contribution in [-0.4, -0.2) is 25.7 Å². The van der Waals surface area contributed by atoms with Crippen molar-refractivity contribution in [1.82, 2.24) is 10.6 Å². The van der Waals surface area contributed by atoms with Crippen LogP contribution in [0, 0.1) is 5.82 Å². The number of hydrogen-bond donors (Lipinski definition) is 3. The molecule has 0 heterocycles. The van der Waals surface area contributed by atoms with Crippen molar-refractivity contribution < 1.29 is 13.9 Å². The fourth-order valence-corrected chi connectivity index (χ4v) is 2.21. The summed E-state index contributed by atoms with van der Waals surface area (Å²) in [5.41, 5.74) is 2.49. The highest BCUT2D eigenvalue weighted by molar-refractivity contribution is 14.0. The summed E-state index contributed by atoms with van der Waals surface area (Å²) in [6.45, 7) is 3.65. The highest BCUT2D eigenvalue weighted by Crippen LogP contribution is 2.10. The minimum Gasteiger partial charge on any atom is -0.453 e. The Labute approximate surface area is 175 Å². The monoisotopic (exact) mass is 486 g/mol. The van der Waals surface area contributed by atoms with Crippen LogP contribution < -0.4 is 16.0 Å². The Hall–Kier alpha value is -2.36. The van der Waals surface area contributed by atoms with Crippen LogP contribution in [0.3, 0.4) is 0 Å². The summed E-state index contributed by atoms with van der Waals surface area (Å²) in [5.74, 6) is 0.379. The number of amides is 1. The molecule has 146 valence electrons. The van der Waals surface area contributed by atoms with Crippen LogP contribution in [0.2, 0.25) is 0 Å². The number of carbonyl (C=O) groups excluding carboxylic acids is 1. The van der Waals surface area contributed by atoms with Crippen LogP contribution in [0.15, 0.2) is 53.5 Å². The molecule has 0 radical (unpaired) electrons. The van der Waals surface area contributed by atoms with E-state index in [2.05, 4.69) is 25.7 Å². The topological polar surface area (TPSA) is 74.8 Å². The molecule has 0 aliphatic carbocycles. The number of aliphatic imine (C=N–C) groups is 1. The van der Waals surface area contributed by atoms with Crippen LogP contribution in [0.4, 0.5) is 14.9 Å². The Balaban J connectivity index is 0.00000364. The lowest BCUT2D eigenvalue weighted by Gasteiger charge is -2.12. The third-order valence-electron chi connectivity index (χ3n) is 3.50. The van der Waals surface area contributed by atoms with Gasteiger partial charge in [-0.3, -0.25) is 5.32 Å². The molecule has 0 aromatic heterocycles. The molecule has 0 fully saturated rings. The van der Waals surface area contributed by atoms with E-state index < -0.39 is 6.09 Å². The summed E-state index contributed by atoms with van der Waals surface area (Å²) in [4.78, 5) is 15.6. The molecule has 8 heteroatoms. The number of methoxy groups -OCH3 is 1. The summed E-state index contributed by atoms with van der Waals surface area (Å²) in [7, 11) is 1.32. The van der Waals surface area contributed by atoms with Gasteiger partial charge in [0, 0.05) is 18.8 Å². The normalized spacial score (nSPS) is 10.6. The number of ether oxygens (including phenoxy) is 1. The van der Waals surface area contributed by atoms with Crippen molar-refractivity contribution >= 4 is 41.7 Å². The molecule has 0 aliphatic heterocycles. The molecule has 2 aromatic carbocycles. The van der Waals surface area contributed by atoms with Gasteiger partial charge in [0.15, 0.2) is 5.96 Å². The van der Waals surface area contributed by atoms with E-state index in [-0.39, 0.29) is 29.8 Å². The van der Waals surface area contributed by atoms with Gasteiger partial charge in [-0.15, -0.1) is 24.0 Å². The quantitative estimate of drug-likeness (QED) is 0.329. The highest BCUT2D eigenvalue weighted by Gasteiger charge is 2.02. The molecule has 27 heavy (non-hydrogen) atoms. The maximum Gasteiger partial charge on any atom is 0.411 e. The molecule has 0 saturated carbocycles. The van der Waals surface area contributed by atoms with E-state index >= 15 is 0 Å². The molecule has 0 saturated heterocycles. The Morgan fingerprint density at radius 1 is 1.11 bits per heavy atom. The number of nitrogens with zero attached hydrogens (tertiary/aromatic N) is 1. The number of nitrogens with one attached hydrogen (secondary N) is 3. The van der Waals surface area contributed by atoms with Crippen molar-refractivity contribution in [1.29, 1.82) is 0 Å². The first-order chi connectivity index (χ1) is 12.6. The van der Waals surface area contributed by atoms with Crippen LogP contribution in [-0.2, 0) is 17.8 Å². The maximum absolute atomic E-state index is 13.2. The lowest BCUT2D eigenvalue weighted by atomic mass is 10.2. The molecular weight excluding hydrogens is 462 g/mol. The number of rotatable bonds is 6. The Bertz CT molecular complexity index is 754. The summed E-state index contributed by atoms with van der Waals surface area (Å²) in [5, 5.41) is 8.98. The first kappa shape index (κ1) is 22.7. The standard InChI is InChI=1S/C19H23FN4O2.HI/c1-3-21-18(23-13-15-5-4-6-16(20)11-15)22-12-14-7-9-17(10-8-14)24-19(25)26-2;/h4-11H,3,12-13H2,1-2H3,(H,24,25)(H2,21,22,23);1H. The van der Waals surface area contributed by atoms with E-state index in [0.29, 0.717) is 24.7 Å². The van der Waals surface area contributed by atoms with Crippen molar-refractivity contribution in [3.63, 3.8) is 0 Å². The Morgan fingerprint density at radius 3 is 2.48 bits per heavy atom. The van der Waals surface area contributed by atoms with E-state index in [1.54, 1.807) is 18.2 Å². The van der Waals surface area contributed by atoms with Gasteiger partial charge in [-0.25, -0.2) is 14.2 Å². The average Bonchev–Trinajstić information content (AvgIpc) is 2.65. The van der Waals surface area contributed by atoms with Gasteiger partial charge in [-0.1, -0.05) is 24.3 Å². The van der Waals surface area contributed by atoms with Gasteiger partial charge < -0.3 is 15.4 Å². The largest absolute Gasteiger partial charge is 0.453 e. The number of carbonyl (C=O) groups is 1. The third-order valence-corrected chi connectivity index (χ3v) is 3.50. The first-order valence-corrected chi connectivity index (χ1v) is 8.31. The molecule has 3 N–H and O–H groups in total. The zero-order valence-electron chi connectivity index (χ0n) is 15.3. The summed E-state index contributed by atoms with van der Waals surface area (Å²) in [6, 6.07) is 13.8. The average molecular weight is 486 g/mol. The van der Waals surface area contributed by atoms with E-state index in [9.17, 15) is 9.18 Å². The Kier molecular flexibility index (Phi) is 10.2. The number of benzene rings is 2. The van der Waals surface area contributed by atoms with Gasteiger partial charge >= 0.3 is 6.09 Å². The second-order valence-electron chi connectivity index (χ2n) is 5.49. The van der Waals surface area contributed by atoms with E-state index in [1.165, 1.54) is 19.2 Å². The molecule has 0 spiro atoms. The fraction of sp³-hybridized carbons (Fsp3) is 0.263. The summed E-state index contributed by atoms with van der Waals surface area (Å²) >= 11 is 0. The maximum atomic E-state index is 13.2. The zero-order chi connectivity index (χ0) is 18.8. The molecule has 0 bridgehead atoms. The summed E-state index contributed by atoms with van der Waals surface area (Å²) < 4.78 is 17.8. The van der Waals surface area contributed by atoms with Gasteiger partial charge in [-0.2, -0.15) is 0 Å². The van der Waals surface area contributed by atoms with E-state index in [1.807, 2.05) is 25.1 Å². The molecule has 1 amide bonds. The second-order valence-corrected chi connectivity index (χ2v) is 5.49. The van der Waals surface area contributed by atoms with E-state index in [4.69, 9.17) is 0 Å². The number of hydrogen-bond acceptors (Lipinski definition) is 3. The van der Waals surface area contributed by atoms with E-state index in [0.717, 1.165) is 17.7 Å². The van der Waals surface area contributed by atoms with Crippen LogP contribution >= 0.6 is 24.0 Å². The van der Waals surface area contributed by atoms with Crippen molar-refractivity contribution in [3.05, 3.63) is 65.5 Å². The minimum atomic E-state index is -0.505. The van der Waals surface area contributed by atoms with Crippen molar-refractivity contribution in [2.45, 2.75) is 20.0 Å². The molecule has 6 nitrogen and oxygen atoms in total. The van der Waals surface area contributed by atoms with Crippen LogP contribution in [0.25, 0.3) is 0 Å². The van der Waals surface area contributed by atoms with Gasteiger partial charge in [-0.05, 0) is 42.3 Å². The van der Waals surface area contributed by atoms with Crippen molar-refractivity contribution in [3.8, 4) is 0 Å². The van der Waals surface area contributed by atoms with Crippen LogP contribution in [0.5, 0.6) is 0 Å². The lowest BCUT2D eigenvalue weighted by molar-refractivity contribution is 0.187. The van der Waals surface area contributed by atoms with Gasteiger partial charge in [0.2, 0.25) is 0 Å². The number of halogens is 2. The highest BCUT2D eigenvalue weighted by atomic mass is 127. The molecule has 0 aliphatic rings. The lowest BCUT2D eigenvalue weighted by Crippen LogP contribution is -2.36.